The average Bonchev–Trinajstić information content (AvgIpc) is 3.48. The van der Waals surface area contributed by atoms with Crippen LogP contribution in [0.1, 0.15) is 46.7 Å². The SMILES string of the molecule is CCSCC(OCc1ccc(C(=O)NC(CCO)C(=O)O)c(-c2ccccc2C)c1)c1ccc(-c2ccccc2)o1. The fourth-order valence-electron chi connectivity index (χ4n) is 4.52. The lowest BCUT2D eigenvalue weighted by molar-refractivity contribution is -0.139. The molecule has 1 amide bonds. The van der Waals surface area contributed by atoms with Gasteiger partial charge in [-0.2, -0.15) is 11.8 Å². The molecule has 4 rings (SSSR count). The van der Waals surface area contributed by atoms with Crippen LogP contribution in [0.15, 0.2) is 89.3 Å². The summed E-state index contributed by atoms with van der Waals surface area (Å²) in [7, 11) is 0. The smallest absolute Gasteiger partial charge is 0.326 e. The molecule has 0 radical (unpaired) electrons. The third-order valence-corrected chi connectivity index (χ3v) is 7.66. The van der Waals surface area contributed by atoms with Gasteiger partial charge in [-0.05, 0) is 59.2 Å². The first-order valence-corrected chi connectivity index (χ1v) is 14.7. The van der Waals surface area contributed by atoms with E-state index in [2.05, 4.69) is 12.2 Å². The first kappa shape index (κ1) is 30.1. The number of carbonyl (C=O) groups is 2. The summed E-state index contributed by atoms with van der Waals surface area (Å²) in [5.74, 6) is 1.50. The van der Waals surface area contributed by atoms with Gasteiger partial charge in [0.2, 0.25) is 0 Å². The number of hydrogen-bond acceptors (Lipinski definition) is 6. The molecule has 0 aliphatic heterocycles. The number of ether oxygens (including phenoxy) is 1. The van der Waals surface area contributed by atoms with E-state index in [9.17, 15) is 19.8 Å². The molecule has 2 atom stereocenters. The van der Waals surface area contributed by atoms with Gasteiger partial charge in [-0.25, -0.2) is 4.79 Å². The van der Waals surface area contributed by atoms with E-state index in [1.807, 2.05) is 85.8 Å². The minimum Gasteiger partial charge on any atom is -0.480 e. The zero-order valence-corrected chi connectivity index (χ0v) is 24.0. The number of aliphatic hydroxyl groups excluding tert-OH is 1. The fourth-order valence-corrected chi connectivity index (χ4v) is 5.23. The number of carboxylic acids is 1. The highest BCUT2D eigenvalue weighted by Crippen LogP contribution is 2.32. The van der Waals surface area contributed by atoms with Gasteiger partial charge in [0.15, 0.2) is 0 Å². The Morgan fingerprint density at radius 1 is 0.976 bits per heavy atom. The number of amides is 1. The summed E-state index contributed by atoms with van der Waals surface area (Å²) in [5, 5.41) is 21.3. The molecular formula is C33H35NO6S. The highest BCUT2D eigenvalue weighted by Gasteiger charge is 2.23. The summed E-state index contributed by atoms with van der Waals surface area (Å²) < 4.78 is 12.6. The lowest BCUT2D eigenvalue weighted by Gasteiger charge is -2.19. The van der Waals surface area contributed by atoms with Crippen LogP contribution < -0.4 is 5.32 Å². The highest BCUT2D eigenvalue weighted by atomic mass is 32.2. The van der Waals surface area contributed by atoms with Gasteiger partial charge in [-0.3, -0.25) is 4.79 Å². The van der Waals surface area contributed by atoms with E-state index in [1.54, 1.807) is 17.8 Å². The Labute approximate surface area is 244 Å². The summed E-state index contributed by atoms with van der Waals surface area (Å²) >= 11 is 1.77. The molecule has 3 N–H and O–H groups in total. The number of aliphatic carboxylic acids is 1. The van der Waals surface area contributed by atoms with E-state index in [0.717, 1.165) is 45.3 Å². The van der Waals surface area contributed by atoms with E-state index in [0.29, 0.717) is 17.7 Å². The molecule has 0 aliphatic carbocycles. The number of furan rings is 1. The third-order valence-electron chi connectivity index (χ3n) is 6.71. The van der Waals surface area contributed by atoms with Crippen LogP contribution in [0, 0.1) is 6.92 Å². The second-order valence-corrected chi connectivity index (χ2v) is 10.9. The standard InChI is InChI=1S/C33H35NO6S/c1-3-41-21-31(30-16-15-29(40-30)24-10-5-4-6-11-24)39-20-23-13-14-26(32(36)34-28(17-18-35)33(37)38)27(19-23)25-12-8-7-9-22(25)2/h4-16,19,28,31,35H,3,17-18,20-21H2,1-2H3,(H,34,36)(H,37,38). The quantitative estimate of drug-likeness (QED) is 0.158. The van der Waals surface area contributed by atoms with Gasteiger partial charge < -0.3 is 24.7 Å². The first-order valence-electron chi connectivity index (χ1n) is 13.6. The van der Waals surface area contributed by atoms with E-state index < -0.39 is 17.9 Å². The molecule has 41 heavy (non-hydrogen) atoms. The number of aryl methyl sites for hydroxylation is 1. The van der Waals surface area contributed by atoms with Crippen molar-refractivity contribution in [3.8, 4) is 22.5 Å². The van der Waals surface area contributed by atoms with Gasteiger partial charge in [-0.15, -0.1) is 0 Å². The number of thioether (sulfide) groups is 1. The summed E-state index contributed by atoms with van der Waals surface area (Å²) in [6.45, 7) is 4.01. The number of nitrogens with one attached hydrogen (secondary N) is 1. The molecule has 7 nitrogen and oxygen atoms in total. The van der Waals surface area contributed by atoms with Crippen LogP contribution in [0.3, 0.4) is 0 Å². The molecule has 0 spiro atoms. The fraction of sp³-hybridized carbons (Fsp3) is 0.273. The van der Waals surface area contributed by atoms with Crippen molar-refractivity contribution >= 4 is 23.6 Å². The van der Waals surface area contributed by atoms with Crippen molar-refractivity contribution < 1.29 is 29.0 Å². The Morgan fingerprint density at radius 3 is 2.44 bits per heavy atom. The Balaban J connectivity index is 1.60. The van der Waals surface area contributed by atoms with Crippen LogP contribution in [-0.2, 0) is 16.1 Å². The average molecular weight is 574 g/mol. The number of rotatable bonds is 14. The van der Waals surface area contributed by atoms with Crippen molar-refractivity contribution in [1.82, 2.24) is 5.32 Å². The van der Waals surface area contributed by atoms with Crippen LogP contribution in [0.4, 0.5) is 0 Å². The third kappa shape index (κ3) is 7.88. The highest BCUT2D eigenvalue weighted by molar-refractivity contribution is 7.99. The van der Waals surface area contributed by atoms with Crippen LogP contribution in [-0.4, -0.2) is 46.2 Å². The monoisotopic (exact) mass is 573 g/mol. The van der Waals surface area contributed by atoms with Gasteiger partial charge in [0.1, 0.15) is 23.7 Å². The number of carbonyl (C=O) groups excluding carboxylic acids is 1. The molecule has 8 heteroatoms. The van der Waals surface area contributed by atoms with Gasteiger partial charge >= 0.3 is 5.97 Å². The molecule has 0 saturated heterocycles. The Bertz CT molecular complexity index is 1450. The van der Waals surface area contributed by atoms with E-state index >= 15 is 0 Å². The predicted molar refractivity (Wildman–Crippen MR) is 162 cm³/mol. The van der Waals surface area contributed by atoms with Gasteiger partial charge in [0.05, 0.1) is 6.61 Å². The summed E-state index contributed by atoms with van der Waals surface area (Å²) in [6.07, 6.45) is -0.347. The summed E-state index contributed by atoms with van der Waals surface area (Å²) in [6, 6.07) is 25.8. The normalized spacial score (nSPS) is 12.6. The van der Waals surface area contributed by atoms with Crippen molar-refractivity contribution in [1.29, 1.82) is 0 Å². The van der Waals surface area contributed by atoms with Crippen molar-refractivity contribution in [2.24, 2.45) is 0 Å². The van der Waals surface area contributed by atoms with Crippen molar-refractivity contribution in [3.63, 3.8) is 0 Å². The first-order chi connectivity index (χ1) is 19.9. The molecule has 214 valence electrons. The maximum absolute atomic E-state index is 13.2. The van der Waals surface area contributed by atoms with Gasteiger partial charge in [0, 0.05) is 29.9 Å². The summed E-state index contributed by atoms with van der Waals surface area (Å²) in [4.78, 5) is 24.8. The van der Waals surface area contributed by atoms with Crippen molar-refractivity contribution in [3.05, 3.63) is 107 Å². The minimum atomic E-state index is -1.20. The number of aliphatic hydroxyl groups is 1. The molecule has 0 fully saturated rings. The van der Waals surface area contributed by atoms with Crippen LogP contribution in [0.5, 0.6) is 0 Å². The lowest BCUT2D eigenvalue weighted by Crippen LogP contribution is -2.41. The Kier molecular flexibility index (Phi) is 10.8. The van der Waals surface area contributed by atoms with E-state index in [1.165, 1.54) is 0 Å². The zero-order valence-electron chi connectivity index (χ0n) is 23.2. The molecule has 1 heterocycles. The second-order valence-electron chi connectivity index (χ2n) is 9.60. The maximum atomic E-state index is 13.2. The number of benzene rings is 3. The lowest BCUT2D eigenvalue weighted by atomic mass is 9.93. The van der Waals surface area contributed by atoms with Crippen molar-refractivity contribution in [2.75, 3.05) is 18.1 Å². The second kappa shape index (κ2) is 14.7. The summed E-state index contributed by atoms with van der Waals surface area (Å²) in [5.41, 5.74) is 4.74. The van der Waals surface area contributed by atoms with Crippen LogP contribution in [0.25, 0.3) is 22.5 Å². The van der Waals surface area contributed by atoms with E-state index in [-0.39, 0.29) is 19.1 Å². The molecular weight excluding hydrogens is 538 g/mol. The maximum Gasteiger partial charge on any atom is 0.326 e. The predicted octanol–water partition coefficient (Wildman–Crippen LogP) is 6.50. The Hall–Kier alpha value is -3.85. The van der Waals surface area contributed by atoms with E-state index in [4.69, 9.17) is 9.15 Å². The minimum absolute atomic E-state index is 0.0807. The van der Waals surface area contributed by atoms with Crippen LogP contribution >= 0.6 is 11.8 Å². The van der Waals surface area contributed by atoms with Crippen LogP contribution in [0.2, 0.25) is 0 Å². The zero-order chi connectivity index (χ0) is 29.2. The molecule has 0 aliphatic rings. The number of carboxylic acid groups (broad SMARTS) is 1. The molecule has 0 saturated carbocycles. The largest absolute Gasteiger partial charge is 0.480 e. The van der Waals surface area contributed by atoms with Gasteiger partial charge in [0.25, 0.3) is 5.91 Å². The molecule has 3 aromatic carbocycles. The molecule has 0 bridgehead atoms. The topological polar surface area (TPSA) is 109 Å². The molecule has 1 aromatic heterocycles. The molecule has 2 unspecified atom stereocenters. The van der Waals surface area contributed by atoms with Crippen molar-refractivity contribution in [2.45, 2.75) is 39.0 Å². The number of hydrogen-bond donors (Lipinski definition) is 3. The van der Waals surface area contributed by atoms with Gasteiger partial charge in [-0.1, -0.05) is 67.6 Å². The molecule has 4 aromatic rings. The Morgan fingerprint density at radius 2 is 1.73 bits per heavy atom.